The lowest BCUT2D eigenvalue weighted by Gasteiger charge is -2.11. The molecule has 5 nitrogen and oxygen atoms in total. The summed E-state index contributed by atoms with van der Waals surface area (Å²) in [5.41, 5.74) is 10.5. The molecule has 1 fully saturated rings. The molecule has 1 heterocycles. The number of nitrogen functional groups attached to an aromatic ring is 1. The number of hydrogen-bond donors (Lipinski definition) is 1. The van der Waals surface area contributed by atoms with Crippen LogP contribution in [0.1, 0.15) is 44.9 Å². The highest BCUT2D eigenvalue weighted by Gasteiger charge is 2.67. The average molecular weight is 285 g/mol. The Morgan fingerprint density at radius 2 is 1.67 bits per heavy atom. The summed E-state index contributed by atoms with van der Waals surface area (Å²) >= 11 is 0. The molecule has 5 heteroatoms. The molecule has 0 amide bonds. The molecule has 1 aliphatic carbocycles. The van der Waals surface area contributed by atoms with Gasteiger partial charge in [-0.2, -0.15) is 0 Å². The van der Waals surface area contributed by atoms with Crippen molar-refractivity contribution >= 4 is 5.69 Å². The van der Waals surface area contributed by atoms with E-state index >= 15 is 0 Å². The fourth-order valence-corrected chi connectivity index (χ4v) is 3.43. The molecule has 1 aromatic heterocycles. The van der Waals surface area contributed by atoms with Gasteiger partial charge in [0.2, 0.25) is 0 Å². The summed E-state index contributed by atoms with van der Waals surface area (Å²) in [5.74, 6) is 0.808. The van der Waals surface area contributed by atoms with Crippen LogP contribution in [0.4, 0.5) is 5.69 Å². The average Bonchev–Trinajstić information content (AvgIpc) is 2.72. The van der Waals surface area contributed by atoms with Crippen molar-refractivity contribution in [2.45, 2.75) is 47.6 Å². The van der Waals surface area contributed by atoms with E-state index in [2.05, 4.69) is 56.2 Å². The van der Waals surface area contributed by atoms with Crippen molar-refractivity contribution in [1.29, 1.82) is 0 Å². The smallest absolute Gasteiger partial charge is 0.182 e. The van der Waals surface area contributed by atoms with Crippen LogP contribution in [0.15, 0.2) is 12.1 Å². The second-order valence-corrected chi connectivity index (χ2v) is 7.32. The Labute approximate surface area is 125 Å². The van der Waals surface area contributed by atoms with Gasteiger partial charge in [-0.1, -0.05) is 33.8 Å². The third-order valence-electron chi connectivity index (χ3n) is 5.54. The van der Waals surface area contributed by atoms with Crippen LogP contribution in [0.3, 0.4) is 0 Å². The maximum atomic E-state index is 6.07. The van der Waals surface area contributed by atoms with Crippen LogP contribution in [0.2, 0.25) is 0 Å². The number of aryl methyl sites for hydroxylation is 2. The minimum atomic E-state index is 0.182. The minimum absolute atomic E-state index is 0.182. The molecule has 1 aromatic carbocycles. The summed E-state index contributed by atoms with van der Waals surface area (Å²) in [7, 11) is 0. The monoisotopic (exact) mass is 285 g/mol. The van der Waals surface area contributed by atoms with Crippen LogP contribution in [-0.4, -0.2) is 20.2 Å². The molecule has 0 unspecified atom stereocenters. The first-order valence-corrected chi connectivity index (χ1v) is 7.33. The normalized spacial score (nSPS) is 19.7. The van der Waals surface area contributed by atoms with Crippen LogP contribution in [0.25, 0.3) is 11.4 Å². The van der Waals surface area contributed by atoms with Crippen molar-refractivity contribution in [3.05, 3.63) is 23.3 Å². The molecule has 112 valence electrons. The molecule has 0 saturated heterocycles. The van der Waals surface area contributed by atoms with Gasteiger partial charge in [-0.3, -0.25) is 0 Å². The van der Waals surface area contributed by atoms with Crippen LogP contribution < -0.4 is 5.73 Å². The Bertz CT molecular complexity index is 697. The number of nitrogens with zero attached hydrogens (tertiary/aromatic N) is 4. The van der Waals surface area contributed by atoms with Gasteiger partial charge in [-0.15, -0.1) is 5.10 Å². The lowest BCUT2D eigenvalue weighted by atomic mass is 10.0. The van der Waals surface area contributed by atoms with Gasteiger partial charge in [-0.25, -0.2) is 4.68 Å². The van der Waals surface area contributed by atoms with E-state index in [0.29, 0.717) is 6.04 Å². The number of aromatic nitrogens is 4. The van der Waals surface area contributed by atoms with Crippen molar-refractivity contribution in [2.24, 2.45) is 10.8 Å². The number of rotatable bonds is 2. The maximum absolute atomic E-state index is 6.07. The predicted molar refractivity (Wildman–Crippen MR) is 83.7 cm³/mol. The summed E-state index contributed by atoms with van der Waals surface area (Å²) in [6, 6.07) is 4.37. The number of benzene rings is 1. The van der Waals surface area contributed by atoms with Gasteiger partial charge in [0.1, 0.15) is 0 Å². The van der Waals surface area contributed by atoms with Crippen molar-refractivity contribution in [1.82, 2.24) is 20.2 Å². The summed E-state index contributed by atoms with van der Waals surface area (Å²) in [4.78, 5) is 0. The number of anilines is 1. The van der Waals surface area contributed by atoms with E-state index in [-0.39, 0.29) is 10.8 Å². The molecular formula is C16H23N5. The van der Waals surface area contributed by atoms with Crippen LogP contribution >= 0.6 is 0 Å². The fourth-order valence-electron chi connectivity index (χ4n) is 3.43. The standard InChI is InChI=1S/C16H23N5/c1-9-7-10(2)12(17)8-11(9)13-18-19-20-21(13)14-15(3,4)16(14,5)6/h7-8,14H,17H2,1-6H3. The highest BCUT2D eigenvalue weighted by molar-refractivity contribution is 5.67. The van der Waals surface area contributed by atoms with Gasteiger partial charge in [0.05, 0.1) is 6.04 Å². The maximum Gasteiger partial charge on any atom is 0.182 e. The van der Waals surface area contributed by atoms with Gasteiger partial charge < -0.3 is 5.73 Å². The molecule has 21 heavy (non-hydrogen) atoms. The molecule has 0 radical (unpaired) electrons. The largest absolute Gasteiger partial charge is 0.398 e. The van der Waals surface area contributed by atoms with Gasteiger partial charge in [0.15, 0.2) is 5.82 Å². The van der Waals surface area contributed by atoms with Crippen molar-refractivity contribution in [3.63, 3.8) is 0 Å². The number of hydrogen-bond acceptors (Lipinski definition) is 4. The topological polar surface area (TPSA) is 69.6 Å². The molecule has 2 N–H and O–H groups in total. The lowest BCUT2D eigenvalue weighted by molar-refractivity contribution is 0.457. The second kappa shape index (κ2) is 4.06. The molecular weight excluding hydrogens is 262 g/mol. The van der Waals surface area contributed by atoms with Gasteiger partial charge in [-0.05, 0) is 52.3 Å². The van der Waals surface area contributed by atoms with E-state index < -0.39 is 0 Å². The SMILES string of the molecule is Cc1cc(C)c(-c2nnnn2C2C(C)(C)C2(C)C)cc1N. The Hall–Kier alpha value is -1.91. The Balaban J connectivity index is 2.12. The number of tetrazole rings is 1. The Morgan fingerprint density at radius 1 is 1.05 bits per heavy atom. The second-order valence-electron chi connectivity index (χ2n) is 7.32. The summed E-state index contributed by atoms with van der Waals surface area (Å²) in [6.45, 7) is 13.1. The summed E-state index contributed by atoms with van der Waals surface area (Å²) in [6.07, 6.45) is 0. The van der Waals surface area contributed by atoms with E-state index in [0.717, 1.165) is 28.2 Å². The third-order valence-corrected chi connectivity index (χ3v) is 5.54. The highest BCUT2D eigenvalue weighted by Crippen LogP contribution is 2.71. The fraction of sp³-hybridized carbons (Fsp3) is 0.562. The Morgan fingerprint density at radius 3 is 2.24 bits per heavy atom. The minimum Gasteiger partial charge on any atom is -0.398 e. The van der Waals surface area contributed by atoms with Crippen molar-refractivity contribution < 1.29 is 0 Å². The van der Waals surface area contributed by atoms with Gasteiger partial charge >= 0.3 is 0 Å². The molecule has 0 spiro atoms. The first-order valence-electron chi connectivity index (χ1n) is 7.33. The van der Waals surface area contributed by atoms with Crippen LogP contribution in [-0.2, 0) is 0 Å². The van der Waals surface area contributed by atoms with E-state index in [9.17, 15) is 0 Å². The molecule has 3 rings (SSSR count). The van der Waals surface area contributed by atoms with Crippen molar-refractivity contribution in [2.75, 3.05) is 5.73 Å². The zero-order chi connectivity index (χ0) is 15.6. The zero-order valence-electron chi connectivity index (χ0n) is 13.6. The quantitative estimate of drug-likeness (QED) is 0.861. The molecule has 1 saturated carbocycles. The predicted octanol–water partition coefficient (Wildman–Crippen LogP) is 3.15. The van der Waals surface area contributed by atoms with E-state index in [1.807, 2.05) is 17.7 Å². The summed E-state index contributed by atoms with van der Waals surface area (Å²) < 4.78 is 1.97. The third kappa shape index (κ3) is 1.79. The lowest BCUT2D eigenvalue weighted by Crippen LogP contribution is -2.07. The van der Waals surface area contributed by atoms with Crippen LogP contribution in [0, 0.1) is 24.7 Å². The molecule has 0 aliphatic heterocycles. The van der Waals surface area contributed by atoms with E-state index in [1.54, 1.807) is 0 Å². The highest BCUT2D eigenvalue weighted by atomic mass is 15.6. The van der Waals surface area contributed by atoms with E-state index in [4.69, 9.17) is 5.73 Å². The Kier molecular flexibility index (Phi) is 2.71. The molecule has 2 aromatic rings. The first kappa shape index (κ1) is 14.0. The van der Waals surface area contributed by atoms with Crippen LogP contribution in [0.5, 0.6) is 0 Å². The molecule has 0 bridgehead atoms. The van der Waals surface area contributed by atoms with Gasteiger partial charge in [0.25, 0.3) is 0 Å². The summed E-state index contributed by atoms with van der Waals surface area (Å²) in [5, 5.41) is 12.4. The van der Waals surface area contributed by atoms with Crippen molar-refractivity contribution in [3.8, 4) is 11.4 Å². The number of nitrogens with two attached hydrogens (primary N) is 1. The van der Waals surface area contributed by atoms with Gasteiger partial charge in [0, 0.05) is 11.3 Å². The first-order chi connectivity index (χ1) is 9.68. The zero-order valence-corrected chi connectivity index (χ0v) is 13.6. The molecule has 1 aliphatic rings. The van der Waals surface area contributed by atoms with E-state index in [1.165, 1.54) is 0 Å². The molecule has 0 atom stereocenters.